The fourth-order valence-corrected chi connectivity index (χ4v) is 3.56. The number of halogens is 2. The molecule has 2 aromatic rings. The lowest BCUT2D eigenvalue weighted by molar-refractivity contribution is -0.118. The Labute approximate surface area is 210 Å². The molecule has 0 fully saturated rings. The monoisotopic (exact) mass is 513 g/mol. The zero-order chi connectivity index (χ0) is 25.3. The summed E-state index contributed by atoms with van der Waals surface area (Å²) >= 11 is 12.3. The third-order valence-electron chi connectivity index (χ3n) is 4.43. The van der Waals surface area contributed by atoms with Gasteiger partial charge in [-0.2, -0.15) is 5.10 Å². The Kier molecular flexibility index (Phi) is 10.5. The molecule has 0 aliphatic rings. The average Bonchev–Trinajstić information content (AvgIpc) is 3.02. The Hall–Kier alpha value is -2.49. The van der Waals surface area contributed by atoms with E-state index in [4.69, 9.17) is 37.8 Å². The Balaban J connectivity index is 2.21. The number of hydrogen-bond donors (Lipinski definition) is 3. The zero-order valence-corrected chi connectivity index (χ0v) is 21.8. The van der Waals surface area contributed by atoms with E-state index in [1.54, 1.807) is 22.9 Å². The quantitative estimate of drug-likeness (QED) is 0.386. The molecule has 0 bridgehead atoms. The Morgan fingerprint density at radius 3 is 2.32 bits per heavy atom. The number of nitrogens with one attached hydrogen (secondary N) is 3. The van der Waals surface area contributed by atoms with Crippen molar-refractivity contribution >= 4 is 35.2 Å². The van der Waals surface area contributed by atoms with E-state index in [1.165, 1.54) is 6.92 Å². The topological polar surface area (TPSA) is 107 Å². The molecule has 11 heteroatoms. The highest BCUT2D eigenvalue weighted by Gasteiger charge is 2.20. The van der Waals surface area contributed by atoms with Gasteiger partial charge in [0.05, 0.1) is 12.2 Å². The van der Waals surface area contributed by atoms with Gasteiger partial charge in [0.25, 0.3) is 0 Å². The first-order valence-electron chi connectivity index (χ1n) is 11.1. The molecule has 3 N–H and O–H groups in total. The summed E-state index contributed by atoms with van der Waals surface area (Å²) < 4.78 is 13.3. The molecule has 1 aromatic heterocycles. The van der Waals surface area contributed by atoms with E-state index in [0.29, 0.717) is 60.7 Å². The van der Waals surface area contributed by atoms with E-state index in [-0.39, 0.29) is 5.91 Å². The van der Waals surface area contributed by atoms with Crippen LogP contribution in [0.25, 0.3) is 0 Å². The van der Waals surface area contributed by atoms with Gasteiger partial charge >= 0.3 is 6.09 Å². The summed E-state index contributed by atoms with van der Waals surface area (Å²) in [4.78, 5) is 23.1. The van der Waals surface area contributed by atoms with Crippen molar-refractivity contribution < 1.29 is 19.1 Å². The summed E-state index contributed by atoms with van der Waals surface area (Å²) in [5, 5.41) is 14.4. The molecule has 0 aliphatic carbocycles. The van der Waals surface area contributed by atoms with Crippen LogP contribution in [0.2, 0.25) is 10.0 Å². The van der Waals surface area contributed by atoms with E-state index in [2.05, 4.69) is 16.0 Å². The minimum Gasteiger partial charge on any atom is -0.453 e. The van der Waals surface area contributed by atoms with Crippen LogP contribution < -0.4 is 20.7 Å². The van der Waals surface area contributed by atoms with Crippen LogP contribution in [-0.2, 0) is 29.0 Å². The van der Waals surface area contributed by atoms with Gasteiger partial charge in [-0.1, -0.05) is 30.1 Å². The number of amides is 2. The van der Waals surface area contributed by atoms with Crippen LogP contribution in [0.3, 0.4) is 0 Å². The smallest absolute Gasteiger partial charge is 0.407 e. The minimum absolute atomic E-state index is 0.0878. The van der Waals surface area contributed by atoms with Gasteiger partial charge in [0.2, 0.25) is 5.91 Å². The molecule has 2 rings (SSSR count). The summed E-state index contributed by atoms with van der Waals surface area (Å²) in [6, 6.07) is 5.00. The van der Waals surface area contributed by atoms with Crippen LogP contribution in [0.1, 0.15) is 46.0 Å². The van der Waals surface area contributed by atoms with Crippen molar-refractivity contribution in [2.24, 2.45) is 0 Å². The summed E-state index contributed by atoms with van der Waals surface area (Å²) in [6.45, 7) is 11.1. The van der Waals surface area contributed by atoms with Crippen LogP contribution in [-0.4, -0.2) is 47.0 Å². The Morgan fingerprint density at radius 2 is 1.74 bits per heavy atom. The number of benzene rings is 1. The second-order valence-corrected chi connectivity index (χ2v) is 9.47. The molecule has 0 spiro atoms. The maximum atomic E-state index is 12.0. The van der Waals surface area contributed by atoms with Crippen molar-refractivity contribution in [3.63, 3.8) is 0 Å². The molecular formula is C23H33Cl2N5O4. The molecular weight excluding hydrogens is 481 g/mol. The third-order valence-corrected chi connectivity index (χ3v) is 4.86. The maximum Gasteiger partial charge on any atom is 0.407 e. The highest BCUT2D eigenvalue weighted by molar-refractivity contribution is 6.34. The van der Waals surface area contributed by atoms with Crippen molar-refractivity contribution in [2.45, 2.75) is 59.7 Å². The molecule has 1 aromatic carbocycles. The van der Waals surface area contributed by atoms with Gasteiger partial charge in [-0.25, -0.2) is 4.79 Å². The van der Waals surface area contributed by atoms with E-state index in [0.717, 1.165) is 11.4 Å². The number of carbonyl (C=O) groups excluding carboxylic acids is 2. The normalized spacial score (nSPS) is 11.3. The predicted molar refractivity (Wildman–Crippen MR) is 133 cm³/mol. The van der Waals surface area contributed by atoms with E-state index in [1.807, 2.05) is 27.7 Å². The highest BCUT2D eigenvalue weighted by atomic mass is 35.5. The summed E-state index contributed by atoms with van der Waals surface area (Å²) in [6.07, 6.45) is 0.144. The van der Waals surface area contributed by atoms with E-state index >= 15 is 0 Å². The Morgan fingerprint density at radius 1 is 1.06 bits per heavy atom. The van der Waals surface area contributed by atoms with Gasteiger partial charge < -0.3 is 25.4 Å². The van der Waals surface area contributed by atoms with Gasteiger partial charge in [-0.15, -0.1) is 0 Å². The minimum atomic E-state index is -0.576. The molecule has 1 heterocycles. The van der Waals surface area contributed by atoms with E-state index < -0.39 is 11.7 Å². The number of rotatable bonds is 11. The molecule has 0 saturated carbocycles. The summed E-state index contributed by atoms with van der Waals surface area (Å²) in [5.74, 6) is 1.01. The SMILES string of the molecule is CCc1nn(CCNC(=O)OC(C)(C)C)c(CNCCNC(C)=O)c1Oc1cc(Cl)cc(Cl)c1. The molecule has 0 aliphatic heterocycles. The number of carbonyl (C=O) groups is 2. The average molecular weight is 514 g/mol. The van der Waals surface area contributed by atoms with Crippen molar-refractivity contribution in [1.82, 2.24) is 25.7 Å². The van der Waals surface area contributed by atoms with Crippen LogP contribution in [0, 0.1) is 0 Å². The largest absolute Gasteiger partial charge is 0.453 e. The molecule has 2 amide bonds. The number of hydrogen-bond acceptors (Lipinski definition) is 6. The lowest BCUT2D eigenvalue weighted by atomic mass is 10.2. The fourth-order valence-electron chi connectivity index (χ4n) is 3.06. The molecule has 0 atom stereocenters. The second-order valence-electron chi connectivity index (χ2n) is 8.59. The number of aromatic nitrogens is 2. The summed E-state index contributed by atoms with van der Waals surface area (Å²) in [7, 11) is 0. The zero-order valence-electron chi connectivity index (χ0n) is 20.3. The van der Waals surface area contributed by atoms with Crippen molar-refractivity contribution in [3.8, 4) is 11.5 Å². The van der Waals surface area contributed by atoms with Gasteiger partial charge in [0, 0.05) is 43.1 Å². The highest BCUT2D eigenvalue weighted by Crippen LogP contribution is 2.33. The summed E-state index contributed by atoms with van der Waals surface area (Å²) in [5.41, 5.74) is 0.974. The predicted octanol–water partition coefficient (Wildman–Crippen LogP) is 4.30. The molecule has 0 saturated heterocycles. The first kappa shape index (κ1) is 27.8. The Bertz CT molecular complexity index is 968. The van der Waals surface area contributed by atoms with Crippen molar-refractivity contribution in [3.05, 3.63) is 39.6 Å². The van der Waals surface area contributed by atoms with Crippen LogP contribution in [0.5, 0.6) is 11.5 Å². The van der Waals surface area contributed by atoms with Crippen LogP contribution >= 0.6 is 23.2 Å². The number of nitrogens with zero attached hydrogens (tertiary/aromatic N) is 2. The molecule has 0 radical (unpaired) electrons. The second kappa shape index (κ2) is 12.8. The molecule has 0 unspecified atom stereocenters. The first-order valence-corrected chi connectivity index (χ1v) is 11.9. The van der Waals surface area contributed by atoms with Gasteiger partial charge in [0.1, 0.15) is 17.0 Å². The lowest BCUT2D eigenvalue weighted by Crippen LogP contribution is -2.34. The van der Waals surface area contributed by atoms with Crippen molar-refractivity contribution in [2.75, 3.05) is 19.6 Å². The number of alkyl carbamates (subject to hydrolysis) is 1. The van der Waals surface area contributed by atoms with Crippen LogP contribution in [0.4, 0.5) is 4.79 Å². The number of ether oxygens (including phenoxy) is 2. The van der Waals surface area contributed by atoms with Gasteiger partial charge in [0.15, 0.2) is 5.75 Å². The lowest BCUT2D eigenvalue weighted by Gasteiger charge is -2.19. The van der Waals surface area contributed by atoms with Crippen LogP contribution in [0.15, 0.2) is 18.2 Å². The van der Waals surface area contributed by atoms with Crippen molar-refractivity contribution in [1.29, 1.82) is 0 Å². The fraction of sp³-hybridized carbons (Fsp3) is 0.522. The molecule has 188 valence electrons. The van der Waals surface area contributed by atoms with Gasteiger partial charge in [-0.3, -0.25) is 9.48 Å². The van der Waals surface area contributed by atoms with E-state index in [9.17, 15) is 9.59 Å². The van der Waals surface area contributed by atoms with Gasteiger partial charge in [-0.05, 0) is 45.4 Å². The maximum absolute atomic E-state index is 12.0. The number of aryl methyl sites for hydroxylation is 1. The standard InChI is InChI=1S/C23H33Cl2N5O4/c1-6-19-21(33-18-12-16(24)11-17(25)13-18)20(14-26-7-8-27-15(2)31)30(29-19)10-9-28-22(32)34-23(3,4)5/h11-13,26H,6-10,14H2,1-5H3,(H,27,31)(H,28,32). The molecule has 34 heavy (non-hydrogen) atoms. The molecule has 9 nitrogen and oxygen atoms in total. The first-order chi connectivity index (χ1) is 16.0. The third kappa shape index (κ3) is 9.40.